The van der Waals surface area contributed by atoms with Crippen molar-refractivity contribution in [3.05, 3.63) is 130 Å². The number of nitrogens with zero attached hydrogens (tertiary/aromatic N) is 3. The Hall–Kier alpha value is -5.30. The van der Waals surface area contributed by atoms with Crippen LogP contribution in [-0.4, -0.2) is 55.8 Å². The molecule has 1 fully saturated rings. The zero-order valence-corrected chi connectivity index (χ0v) is 29.4. The number of aryl methyl sites for hydroxylation is 1. The number of nitro groups is 1. The molecule has 268 valence electrons. The second-order valence-electron chi connectivity index (χ2n) is 12.6. The molecule has 1 N–H and O–H groups in total. The first-order chi connectivity index (χ1) is 24.5. The number of ether oxygens (including phenoxy) is 1. The first-order valence-electron chi connectivity index (χ1n) is 16.8. The number of nitrogens with one attached hydrogen (secondary N) is 1. The third kappa shape index (κ3) is 9.28. The molecule has 0 bridgehead atoms. The van der Waals surface area contributed by atoms with Gasteiger partial charge in [-0.05, 0) is 73.4 Å². The maximum atomic E-state index is 14.7. The average molecular weight is 717 g/mol. The molecule has 1 unspecified atom stereocenters. The summed E-state index contributed by atoms with van der Waals surface area (Å²) in [7, 11) is -3.14. The minimum absolute atomic E-state index is 0.0687. The number of sulfonamides is 1. The number of hydrogen-bond donors (Lipinski definition) is 1. The molecular formula is C38H41FN4O7S. The SMILES string of the molecule is COc1ccc(N(CC(=O)N(Cc2ccc(F)cc2)C(Cc2ccccc2)C(=O)NC2CCCCC2)S(=O)(=O)c2ccc(C)c([N+](=O)[O-])c2)cc1. The number of methoxy groups -OCH3 is 1. The Morgan fingerprint density at radius 1 is 0.941 bits per heavy atom. The summed E-state index contributed by atoms with van der Waals surface area (Å²) in [6, 6.07) is 23.2. The fourth-order valence-corrected chi connectivity index (χ4v) is 7.67. The van der Waals surface area contributed by atoms with E-state index in [4.69, 9.17) is 4.74 Å². The van der Waals surface area contributed by atoms with Crippen molar-refractivity contribution in [2.75, 3.05) is 18.0 Å². The normalized spacial score (nSPS) is 13.9. The van der Waals surface area contributed by atoms with Crippen molar-refractivity contribution < 1.29 is 32.1 Å². The predicted molar refractivity (Wildman–Crippen MR) is 191 cm³/mol. The van der Waals surface area contributed by atoms with E-state index >= 15 is 0 Å². The fourth-order valence-electron chi connectivity index (χ4n) is 6.24. The molecule has 51 heavy (non-hydrogen) atoms. The number of hydrogen-bond acceptors (Lipinski definition) is 7. The molecule has 0 aliphatic heterocycles. The Kier molecular flexibility index (Phi) is 12.0. The van der Waals surface area contributed by atoms with Gasteiger partial charge in [0, 0.05) is 30.6 Å². The second kappa shape index (κ2) is 16.6. The topological polar surface area (TPSA) is 139 Å². The molecule has 1 saturated carbocycles. The van der Waals surface area contributed by atoms with E-state index in [0.29, 0.717) is 11.3 Å². The maximum Gasteiger partial charge on any atom is 0.273 e. The zero-order valence-electron chi connectivity index (χ0n) is 28.5. The van der Waals surface area contributed by atoms with Gasteiger partial charge in [-0.2, -0.15) is 0 Å². The number of benzene rings is 4. The van der Waals surface area contributed by atoms with Crippen LogP contribution in [0.4, 0.5) is 15.8 Å². The van der Waals surface area contributed by atoms with E-state index in [-0.39, 0.29) is 41.1 Å². The molecular weight excluding hydrogens is 676 g/mol. The number of carbonyl (C=O) groups excluding carboxylic acids is 2. The average Bonchev–Trinajstić information content (AvgIpc) is 3.13. The monoisotopic (exact) mass is 716 g/mol. The molecule has 1 atom stereocenters. The highest BCUT2D eigenvalue weighted by Crippen LogP contribution is 2.30. The first-order valence-corrected chi connectivity index (χ1v) is 18.2. The number of anilines is 1. The Morgan fingerprint density at radius 3 is 2.24 bits per heavy atom. The van der Waals surface area contributed by atoms with Crippen LogP contribution in [-0.2, 0) is 32.6 Å². The van der Waals surface area contributed by atoms with Gasteiger partial charge in [0.2, 0.25) is 11.8 Å². The lowest BCUT2D eigenvalue weighted by molar-refractivity contribution is -0.385. The van der Waals surface area contributed by atoms with Crippen molar-refractivity contribution >= 4 is 33.2 Å². The summed E-state index contributed by atoms with van der Waals surface area (Å²) in [6.45, 7) is 0.624. The van der Waals surface area contributed by atoms with Crippen LogP contribution in [0.3, 0.4) is 0 Å². The summed E-state index contributed by atoms with van der Waals surface area (Å²) in [6.07, 6.45) is 4.76. The smallest absolute Gasteiger partial charge is 0.273 e. The number of rotatable bonds is 14. The van der Waals surface area contributed by atoms with Gasteiger partial charge in [-0.25, -0.2) is 12.8 Å². The van der Waals surface area contributed by atoms with E-state index < -0.39 is 44.9 Å². The highest BCUT2D eigenvalue weighted by atomic mass is 32.2. The van der Waals surface area contributed by atoms with E-state index in [9.17, 15) is 32.5 Å². The molecule has 4 aromatic carbocycles. The molecule has 11 nitrogen and oxygen atoms in total. The van der Waals surface area contributed by atoms with Crippen molar-refractivity contribution in [2.45, 2.75) is 69.0 Å². The maximum absolute atomic E-state index is 14.7. The number of amides is 2. The molecule has 0 saturated heterocycles. The van der Waals surface area contributed by atoms with Gasteiger partial charge in [0.25, 0.3) is 15.7 Å². The molecule has 0 aromatic heterocycles. The van der Waals surface area contributed by atoms with E-state index in [2.05, 4.69) is 5.32 Å². The van der Waals surface area contributed by atoms with Crippen molar-refractivity contribution in [3.8, 4) is 5.75 Å². The molecule has 0 heterocycles. The molecule has 0 spiro atoms. The lowest BCUT2D eigenvalue weighted by atomic mass is 9.94. The highest BCUT2D eigenvalue weighted by molar-refractivity contribution is 7.92. The highest BCUT2D eigenvalue weighted by Gasteiger charge is 2.36. The predicted octanol–water partition coefficient (Wildman–Crippen LogP) is 6.34. The summed E-state index contributed by atoms with van der Waals surface area (Å²) < 4.78 is 48.8. The van der Waals surface area contributed by atoms with E-state index in [1.165, 1.54) is 79.6 Å². The Bertz CT molecular complexity index is 1940. The molecule has 4 aromatic rings. The summed E-state index contributed by atoms with van der Waals surface area (Å²) in [5.41, 5.74) is 1.29. The van der Waals surface area contributed by atoms with E-state index in [1.807, 2.05) is 30.3 Å². The first kappa shape index (κ1) is 37.0. The quantitative estimate of drug-likeness (QED) is 0.119. The van der Waals surface area contributed by atoms with Gasteiger partial charge in [-0.3, -0.25) is 24.0 Å². The lowest BCUT2D eigenvalue weighted by Crippen LogP contribution is -2.55. The summed E-state index contributed by atoms with van der Waals surface area (Å²) in [5, 5.41) is 14.9. The van der Waals surface area contributed by atoms with Crippen molar-refractivity contribution in [3.63, 3.8) is 0 Å². The van der Waals surface area contributed by atoms with Crippen molar-refractivity contribution in [1.82, 2.24) is 10.2 Å². The third-order valence-corrected chi connectivity index (χ3v) is 10.9. The Labute approximate surface area is 297 Å². The standard InChI is InChI=1S/C38H41FN4O7S/c1-27-13-22-34(24-35(27)43(46)47)51(48,49)42(32-18-20-33(50-2)21-19-32)26-37(44)41(25-29-14-16-30(39)17-15-29)36(23-28-9-5-3-6-10-28)38(45)40-31-11-7-4-8-12-31/h3,5-6,9-10,13-22,24,31,36H,4,7-8,11-12,23,25-26H2,1-2H3,(H,40,45). The molecule has 2 amide bonds. The van der Waals surface area contributed by atoms with Crippen LogP contribution in [0.5, 0.6) is 5.75 Å². The fraction of sp³-hybridized carbons (Fsp3) is 0.316. The van der Waals surface area contributed by atoms with Crippen LogP contribution in [0.2, 0.25) is 0 Å². The molecule has 5 rings (SSSR count). The van der Waals surface area contributed by atoms with Gasteiger partial charge in [-0.15, -0.1) is 0 Å². The minimum Gasteiger partial charge on any atom is -0.497 e. The van der Waals surface area contributed by atoms with Gasteiger partial charge in [0.1, 0.15) is 24.2 Å². The van der Waals surface area contributed by atoms with Crippen LogP contribution in [0.25, 0.3) is 0 Å². The number of nitro benzene ring substituents is 1. The number of halogens is 1. The summed E-state index contributed by atoms with van der Waals surface area (Å²) in [5.74, 6) is -1.13. The second-order valence-corrected chi connectivity index (χ2v) is 14.5. The lowest BCUT2D eigenvalue weighted by Gasteiger charge is -2.35. The molecule has 13 heteroatoms. The van der Waals surface area contributed by atoms with Crippen LogP contribution in [0, 0.1) is 22.9 Å². The Morgan fingerprint density at radius 2 is 1.61 bits per heavy atom. The van der Waals surface area contributed by atoms with Gasteiger partial charge in [0.05, 0.1) is 22.6 Å². The third-order valence-electron chi connectivity index (χ3n) is 9.09. The minimum atomic E-state index is -4.59. The van der Waals surface area contributed by atoms with Crippen molar-refractivity contribution in [2.24, 2.45) is 0 Å². The van der Waals surface area contributed by atoms with Crippen LogP contribution >= 0.6 is 0 Å². The van der Waals surface area contributed by atoms with Gasteiger partial charge < -0.3 is 15.0 Å². The largest absolute Gasteiger partial charge is 0.497 e. The Balaban J connectivity index is 1.59. The molecule has 1 aliphatic carbocycles. The summed E-state index contributed by atoms with van der Waals surface area (Å²) in [4.78, 5) is 40.9. The van der Waals surface area contributed by atoms with Gasteiger partial charge >= 0.3 is 0 Å². The van der Waals surface area contributed by atoms with Crippen LogP contribution in [0.15, 0.2) is 102 Å². The van der Waals surface area contributed by atoms with Gasteiger partial charge in [-0.1, -0.05) is 67.8 Å². The summed E-state index contributed by atoms with van der Waals surface area (Å²) >= 11 is 0. The molecule has 0 radical (unpaired) electrons. The molecule has 1 aliphatic rings. The van der Waals surface area contributed by atoms with Crippen LogP contribution < -0.4 is 14.4 Å². The van der Waals surface area contributed by atoms with E-state index in [0.717, 1.165) is 48.0 Å². The number of carbonyl (C=O) groups is 2. The zero-order chi connectivity index (χ0) is 36.5. The van der Waals surface area contributed by atoms with Crippen LogP contribution in [0.1, 0.15) is 48.8 Å². The van der Waals surface area contributed by atoms with Gasteiger partial charge in [0.15, 0.2) is 0 Å². The van der Waals surface area contributed by atoms with Crippen molar-refractivity contribution in [1.29, 1.82) is 0 Å². The van der Waals surface area contributed by atoms with E-state index in [1.54, 1.807) is 0 Å².